The van der Waals surface area contributed by atoms with Crippen LogP contribution in [-0.2, 0) is 12.8 Å². The average molecular weight is 890 g/mol. The number of nitrogens with zero attached hydrogens (tertiary/aromatic N) is 2. The van der Waals surface area contributed by atoms with Gasteiger partial charge >= 0.3 is 0 Å². The lowest BCUT2D eigenvalue weighted by Gasteiger charge is -2.04. The molecule has 4 aromatic heterocycles. The van der Waals surface area contributed by atoms with Crippen molar-refractivity contribution in [2.75, 3.05) is 0 Å². The van der Waals surface area contributed by atoms with Gasteiger partial charge in [0, 0.05) is 9.75 Å². The van der Waals surface area contributed by atoms with Crippen molar-refractivity contribution >= 4 is 65.8 Å². The highest BCUT2D eigenvalue weighted by molar-refractivity contribution is 7.27. The number of aromatic nitrogens is 2. The number of unbranched alkanes of at least 4 members (excludes halogenated alkanes) is 30. The fourth-order valence-corrected chi connectivity index (χ4v) is 13.4. The largest absolute Gasteiger partial charge is 0.235 e. The van der Waals surface area contributed by atoms with Gasteiger partial charge in [-0.3, -0.25) is 0 Å². The highest BCUT2D eigenvalue weighted by atomic mass is 32.1. The van der Waals surface area contributed by atoms with E-state index in [0.717, 1.165) is 11.0 Å². The molecule has 1 aromatic carbocycles. The molecule has 0 radical (unpaired) electrons. The summed E-state index contributed by atoms with van der Waals surface area (Å²) in [6.07, 6.45) is 47.8. The van der Waals surface area contributed by atoms with E-state index < -0.39 is 0 Å². The molecule has 0 aliphatic rings. The van der Waals surface area contributed by atoms with Gasteiger partial charge in [-0.1, -0.05) is 206 Å². The van der Waals surface area contributed by atoms with Gasteiger partial charge in [-0.05, 0) is 74.9 Å². The number of rotatable bonds is 36. The Kier molecular flexibility index (Phi) is 24.5. The van der Waals surface area contributed by atoms with E-state index >= 15 is 0 Å². The van der Waals surface area contributed by atoms with E-state index in [1.165, 1.54) is 268 Å². The maximum Gasteiger partial charge on any atom is 0.134 e. The van der Waals surface area contributed by atoms with Crippen molar-refractivity contribution in [1.82, 2.24) is 9.97 Å². The Morgan fingerprint density at radius 3 is 0.883 bits per heavy atom. The molecule has 0 bridgehead atoms. The molecule has 0 N–H and O–H groups in total. The highest BCUT2D eigenvalue weighted by Crippen LogP contribution is 2.42. The Balaban J connectivity index is 0.988. The van der Waals surface area contributed by atoms with E-state index in [2.05, 4.69) is 52.0 Å². The van der Waals surface area contributed by atoms with Crippen LogP contribution >= 0.6 is 45.3 Å². The number of fused-ring (bicyclic) bond motifs is 2. The summed E-state index contributed by atoms with van der Waals surface area (Å²) in [7, 11) is 0. The highest BCUT2D eigenvalue weighted by Gasteiger charge is 2.18. The van der Waals surface area contributed by atoms with E-state index in [9.17, 15) is 0 Å². The number of thiophene rings is 2. The molecule has 0 unspecified atom stereocenters. The van der Waals surface area contributed by atoms with Gasteiger partial charge in [0.15, 0.2) is 0 Å². The van der Waals surface area contributed by atoms with E-state index in [4.69, 9.17) is 9.97 Å². The van der Waals surface area contributed by atoms with Crippen LogP contribution in [0.4, 0.5) is 0 Å². The lowest BCUT2D eigenvalue weighted by Crippen LogP contribution is -1.87. The fourth-order valence-electron chi connectivity index (χ4n) is 9.14. The monoisotopic (exact) mass is 889 g/mol. The number of hydrogen-bond acceptors (Lipinski definition) is 6. The molecule has 0 saturated heterocycles. The maximum atomic E-state index is 5.25. The minimum atomic E-state index is 1.13. The molecular weight excluding hydrogens is 805 g/mol. The van der Waals surface area contributed by atoms with Gasteiger partial charge in [0.25, 0.3) is 0 Å². The Morgan fingerprint density at radius 1 is 0.333 bits per heavy atom. The second kappa shape index (κ2) is 29.7. The van der Waals surface area contributed by atoms with Gasteiger partial charge in [0.05, 0.1) is 30.2 Å². The quantitative estimate of drug-likeness (QED) is 0.0375. The summed E-state index contributed by atoms with van der Waals surface area (Å²) in [6, 6.07) is 9.50. The molecule has 2 nitrogen and oxygen atoms in total. The molecule has 4 heterocycles. The predicted molar refractivity (Wildman–Crippen MR) is 275 cm³/mol. The smallest absolute Gasteiger partial charge is 0.134 e. The lowest BCUT2D eigenvalue weighted by atomic mass is 10.0. The molecule has 0 aliphatic carbocycles. The molecule has 60 heavy (non-hydrogen) atoms. The number of hydrogen-bond donors (Lipinski definition) is 0. The van der Waals surface area contributed by atoms with Crippen molar-refractivity contribution in [3.63, 3.8) is 0 Å². The Hall–Kier alpha value is -1.60. The topological polar surface area (TPSA) is 25.8 Å². The second-order valence-corrected chi connectivity index (χ2v) is 22.9. The normalized spacial score (nSPS) is 11.9. The zero-order valence-electron chi connectivity index (χ0n) is 38.9. The Morgan fingerprint density at radius 2 is 0.600 bits per heavy atom. The summed E-state index contributed by atoms with van der Waals surface area (Å²) in [4.78, 5) is 16.1. The molecule has 5 rings (SSSR count). The van der Waals surface area contributed by atoms with Crippen LogP contribution in [0.15, 0.2) is 24.3 Å². The maximum absolute atomic E-state index is 5.25. The third kappa shape index (κ3) is 17.9. The molecule has 0 spiro atoms. The zero-order valence-corrected chi connectivity index (χ0v) is 42.1. The van der Waals surface area contributed by atoms with Crippen molar-refractivity contribution in [3.05, 3.63) is 45.1 Å². The van der Waals surface area contributed by atoms with Crippen molar-refractivity contribution in [3.8, 4) is 19.8 Å². The number of thiazole rings is 2. The van der Waals surface area contributed by atoms with E-state index in [0.29, 0.717) is 0 Å². The first-order chi connectivity index (χ1) is 29.6. The van der Waals surface area contributed by atoms with Crippen LogP contribution in [0.25, 0.3) is 40.2 Å². The van der Waals surface area contributed by atoms with Crippen molar-refractivity contribution in [2.24, 2.45) is 0 Å². The summed E-state index contributed by atoms with van der Waals surface area (Å²) in [6.45, 7) is 9.14. The summed E-state index contributed by atoms with van der Waals surface area (Å²) >= 11 is 7.60. The lowest BCUT2D eigenvalue weighted by molar-refractivity contribution is 0.529. The van der Waals surface area contributed by atoms with Gasteiger partial charge in [0.2, 0.25) is 0 Å². The SMILES string of the molecule is CCCCCCCCCCCCCCCCCCc1cc(C)sc1-c1nc2cc3sc(-c4sc(C)cc4CCCCCCCCCCCCCCCCCC)nc3cc2s1. The standard InChI is InChI=1S/C54H84N2S4/c1-5-7-9-11-13-15-17-19-21-23-25-27-29-31-33-35-37-45-39-43(3)57-51(45)53-55-47-41-50-48(42-49(47)59-53)56-54(60-50)52-46(40-44(4)58-52)38-36-34-32-30-28-26-24-22-20-18-16-14-12-10-8-6-2/h39-42H,5-38H2,1-4H3. The molecular formula is C54H84N2S4. The summed E-state index contributed by atoms with van der Waals surface area (Å²) in [5.74, 6) is 0. The second-order valence-electron chi connectivity index (χ2n) is 18.4. The van der Waals surface area contributed by atoms with Gasteiger partial charge in [-0.25, -0.2) is 9.97 Å². The first kappa shape index (κ1) is 49.4. The number of aryl methyl sites for hydroxylation is 4. The summed E-state index contributed by atoms with van der Waals surface area (Å²) in [5.41, 5.74) is 5.28. The summed E-state index contributed by atoms with van der Waals surface area (Å²) < 4.78 is 2.54. The van der Waals surface area contributed by atoms with Crippen LogP contribution in [0.3, 0.4) is 0 Å². The predicted octanol–water partition coefficient (Wildman–Crippen LogP) is 20.6. The molecule has 0 fully saturated rings. The van der Waals surface area contributed by atoms with Crippen LogP contribution < -0.4 is 0 Å². The molecule has 0 amide bonds. The third-order valence-electron chi connectivity index (χ3n) is 12.7. The van der Waals surface area contributed by atoms with Gasteiger partial charge < -0.3 is 0 Å². The third-order valence-corrected chi connectivity index (χ3v) is 17.3. The minimum absolute atomic E-state index is 1.13. The van der Waals surface area contributed by atoms with Crippen LogP contribution in [-0.4, -0.2) is 9.97 Å². The van der Waals surface area contributed by atoms with Gasteiger partial charge in [-0.15, -0.1) is 45.3 Å². The van der Waals surface area contributed by atoms with Crippen LogP contribution in [0, 0.1) is 13.8 Å². The van der Waals surface area contributed by atoms with E-state index in [1.54, 1.807) is 0 Å². The van der Waals surface area contributed by atoms with Gasteiger partial charge in [-0.2, -0.15) is 0 Å². The average Bonchev–Trinajstić information content (AvgIpc) is 4.03. The van der Waals surface area contributed by atoms with E-state index in [-0.39, 0.29) is 0 Å². The molecule has 0 aliphatic heterocycles. The van der Waals surface area contributed by atoms with Crippen LogP contribution in [0.1, 0.15) is 240 Å². The van der Waals surface area contributed by atoms with Crippen LogP contribution in [0.5, 0.6) is 0 Å². The van der Waals surface area contributed by atoms with E-state index in [1.807, 2.05) is 45.3 Å². The van der Waals surface area contributed by atoms with Gasteiger partial charge in [0.1, 0.15) is 10.0 Å². The Bertz CT molecular complexity index is 1670. The first-order valence-corrected chi connectivity index (χ1v) is 28.7. The van der Waals surface area contributed by atoms with Crippen molar-refractivity contribution in [2.45, 2.75) is 246 Å². The summed E-state index contributed by atoms with van der Waals surface area (Å²) in [5, 5.41) is 2.39. The molecule has 0 atom stereocenters. The Labute approximate surface area is 384 Å². The molecule has 5 aromatic rings. The zero-order chi connectivity index (χ0) is 42.0. The van der Waals surface area contributed by atoms with Crippen molar-refractivity contribution in [1.29, 1.82) is 0 Å². The first-order valence-electron chi connectivity index (χ1n) is 25.5. The van der Waals surface area contributed by atoms with Crippen LogP contribution in [0.2, 0.25) is 0 Å². The van der Waals surface area contributed by atoms with Crippen molar-refractivity contribution < 1.29 is 0 Å². The number of benzene rings is 1. The molecule has 334 valence electrons. The molecule has 6 heteroatoms. The molecule has 0 saturated carbocycles. The minimum Gasteiger partial charge on any atom is -0.235 e. The fraction of sp³-hybridized carbons (Fsp3) is 0.704.